The highest BCUT2D eigenvalue weighted by Crippen LogP contribution is 2.21. The van der Waals surface area contributed by atoms with E-state index < -0.39 is 0 Å². The van der Waals surface area contributed by atoms with Gasteiger partial charge in [0.05, 0.1) is 19.3 Å². The molecule has 0 radical (unpaired) electrons. The molecule has 0 aliphatic carbocycles. The van der Waals surface area contributed by atoms with Crippen LogP contribution >= 0.6 is 0 Å². The number of nitrogens with one attached hydrogen (secondary N) is 1. The molecule has 0 spiro atoms. The Morgan fingerprint density at radius 3 is 3.11 bits per heavy atom. The first-order valence-electron chi connectivity index (χ1n) is 6.65. The molecule has 1 aliphatic heterocycles. The predicted octanol–water partition coefficient (Wildman–Crippen LogP) is 1.63. The van der Waals surface area contributed by atoms with Gasteiger partial charge in [-0.1, -0.05) is 12.8 Å². The van der Waals surface area contributed by atoms with E-state index >= 15 is 0 Å². The number of aromatic nitrogens is 2. The van der Waals surface area contributed by atoms with Gasteiger partial charge in [-0.05, 0) is 26.3 Å². The highest BCUT2D eigenvalue weighted by Gasteiger charge is 2.27. The van der Waals surface area contributed by atoms with Crippen molar-refractivity contribution in [2.45, 2.75) is 45.2 Å². The summed E-state index contributed by atoms with van der Waals surface area (Å²) in [7, 11) is 1.58. The lowest BCUT2D eigenvalue weighted by Gasteiger charge is -2.15. The second-order valence-corrected chi connectivity index (χ2v) is 4.60. The average Bonchev–Trinajstić information content (AvgIpc) is 2.62. The standard InChI is InChI=1S/C13H21N3O2/c1-3-16-12(11(18-2)9-15-16)13(17)10-7-5-4-6-8-14-10/h9-10,14H,3-8H2,1-2H3. The van der Waals surface area contributed by atoms with Gasteiger partial charge in [-0.2, -0.15) is 5.10 Å². The Hall–Kier alpha value is -1.36. The number of hydrogen-bond donors (Lipinski definition) is 1. The zero-order valence-electron chi connectivity index (χ0n) is 11.1. The van der Waals surface area contributed by atoms with Gasteiger partial charge in [0.1, 0.15) is 5.69 Å². The quantitative estimate of drug-likeness (QED) is 0.826. The third kappa shape index (κ3) is 2.56. The van der Waals surface area contributed by atoms with Crippen LogP contribution in [0.25, 0.3) is 0 Å². The molecule has 1 aromatic heterocycles. The fourth-order valence-corrected chi connectivity index (χ4v) is 2.42. The summed E-state index contributed by atoms with van der Waals surface area (Å²) in [5, 5.41) is 7.51. The van der Waals surface area contributed by atoms with Crippen LogP contribution in [-0.4, -0.2) is 35.3 Å². The summed E-state index contributed by atoms with van der Waals surface area (Å²) in [6, 6.07) is -0.0941. The summed E-state index contributed by atoms with van der Waals surface area (Å²) in [6.45, 7) is 3.57. The van der Waals surface area contributed by atoms with Crippen LogP contribution in [0.5, 0.6) is 5.75 Å². The van der Waals surface area contributed by atoms with Crippen LogP contribution in [0.15, 0.2) is 6.20 Å². The van der Waals surface area contributed by atoms with Crippen molar-refractivity contribution in [2.75, 3.05) is 13.7 Å². The van der Waals surface area contributed by atoms with E-state index in [1.54, 1.807) is 18.0 Å². The summed E-state index contributed by atoms with van der Waals surface area (Å²) < 4.78 is 6.96. The number of hydrogen-bond acceptors (Lipinski definition) is 4. The van der Waals surface area contributed by atoms with Gasteiger partial charge in [0.25, 0.3) is 0 Å². The SMILES string of the molecule is CCn1ncc(OC)c1C(=O)C1CCCCCN1. The van der Waals surface area contributed by atoms with Crippen LogP contribution in [0.3, 0.4) is 0 Å². The fraction of sp³-hybridized carbons (Fsp3) is 0.692. The highest BCUT2D eigenvalue weighted by molar-refractivity contribution is 6.00. The Balaban J connectivity index is 2.23. The largest absolute Gasteiger partial charge is 0.493 e. The van der Waals surface area contributed by atoms with Crippen LogP contribution in [0.2, 0.25) is 0 Å². The minimum absolute atomic E-state index is 0.0941. The third-order valence-electron chi connectivity index (χ3n) is 3.44. The minimum atomic E-state index is -0.0941. The second kappa shape index (κ2) is 6.00. The van der Waals surface area contributed by atoms with E-state index in [1.807, 2.05) is 6.92 Å². The van der Waals surface area contributed by atoms with Gasteiger partial charge in [-0.3, -0.25) is 9.48 Å². The number of methoxy groups -OCH3 is 1. The van der Waals surface area contributed by atoms with Crippen molar-refractivity contribution in [1.82, 2.24) is 15.1 Å². The summed E-state index contributed by atoms with van der Waals surface area (Å²) in [5.41, 5.74) is 0.597. The molecule has 1 fully saturated rings. The number of ketones is 1. The Morgan fingerprint density at radius 1 is 1.56 bits per heavy atom. The molecular weight excluding hydrogens is 230 g/mol. The van der Waals surface area contributed by atoms with E-state index in [0.29, 0.717) is 18.0 Å². The summed E-state index contributed by atoms with van der Waals surface area (Å²) in [6.07, 6.45) is 5.96. The van der Waals surface area contributed by atoms with E-state index in [9.17, 15) is 4.79 Å². The van der Waals surface area contributed by atoms with Crippen LogP contribution in [-0.2, 0) is 6.54 Å². The number of nitrogens with zero attached hydrogens (tertiary/aromatic N) is 2. The zero-order chi connectivity index (χ0) is 13.0. The Morgan fingerprint density at radius 2 is 2.39 bits per heavy atom. The first-order chi connectivity index (χ1) is 8.77. The molecule has 2 rings (SSSR count). The normalized spacial score (nSPS) is 20.4. The van der Waals surface area contributed by atoms with Crippen molar-refractivity contribution in [3.05, 3.63) is 11.9 Å². The summed E-state index contributed by atoms with van der Waals surface area (Å²) in [5.74, 6) is 0.681. The number of carbonyl (C=O) groups is 1. The maximum Gasteiger partial charge on any atom is 0.201 e. The van der Waals surface area contributed by atoms with E-state index in [0.717, 1.165) is 25.8 Å². The van der Waals surface area contributed by atoms with E-state index in [-0.39, 0.29) is 11.8 Å². The first-order valence-corrected chi connectivity index (χ1v) is 6.65. The monoisotopic (exact) mass is 251 g/mol. The van der Waals surface area contributed by atoms with E-state index in [4.69, 9.17) is 4.74 Å². The lowest BCUT2D eigenvalue weighted by molar-refractivity contribution is 0.0926. The van der Waals surface area contributed by atoms with Gasteiger partial charge in [-0.15, -0.1) is 0 Å². The van der Waals surface area contributed by atoms with Crippen LogP contribution in [0.1, 0.15) is 43.1 Å². The maximum absolute atomic E-state index is 12.6. The van der Waals surface area contributed by atoms with Crippen LogP contribution in [0, 0.1) is 0 Å². The molecule has 0 bridgehead atoms. The van der Waals surface area contributed by atoms with Crippen molar-refractivity contribution >= 4 is 5.78 Å². The maximum atomic E-state index is 12.6. The molecule has 0 saturated carbocycles. The number of ether oxygens (including phenoxy) is 1. The van der Waals surface area contributed by atoms with E-state index in [1.165, 1.54) is 6.42 Å². The highest BCUT2D eigenvalue weighted by atomic mass is 16.5. The van der Waals surface area contributed by atoms with Crippen molar-refractivity contribution in [3.8, 4) is 5.75 Å². The molecule has 2 heterocycles. The van der Waals surface area contributed by atoms with Crippen molar-refractivity contribution < 1.29 is 9.53 Å². The molecule has 1 aromatic rings. The van der Waals surface area contributed by atoms with Gasteiger partial charge in [-0.25, -0.2) is 0 Å². The van der Waals surface area contributed by atoms with Gasteiger partial charge < -0.3 is 10.1 Å². The zero-order valence-corrected chi connectivity index (χ0v) is 11.1. The molecule has 18 heavy (non-hydrogen) atoms. The van der Waals surface area contributed by atoms with Gasteiger partial charge in [0.15, 0.2) is 5.75 Å². The minimum Gasteiger partial charge on any atom is -0.493 e. The molecule has 1 saturated heterocycles. The molecular formula is C13H21N3O2. The lowest BCUT2D eigenvalue weighted by atomic mass is 10.0. The fourth-order valence-electron chi connectivity index (χ4n) is 2.42. The molecule has 1 atom stereocenters. The van der Waals surface area contributed by atoms with Gasteiger partial charge in [0, 0.05) is 6.54 Å². The molecule has 0 amide bonds. The summed E-state index contributed by atoms with van der Waals surface area (Å²) >= 11 is 0. The number of carbonyl (C=O) groups excluding carboxylic acids is 1. The Labute approximate surface area is 108 Å². The smallest absolute Gasteiger partial charge is 0.201 e. The molecule has 1 N–H and O–H groups in total. The summed E-state index contributed by atoms with van der Waals surface area (Å²) in [4.78, 5) is 12.6. The van der Waals surface area contributed by atoms with E-state index in [2.05, 4.69) is 10.4 Å². The Bertz CT molecular complexity index is 385. The van der Waals surface area contributed by atoms with Crippen molar-refractivity contribution in [2.24, 2.45) is 0 Å². The third-order valence-corrected chi connectivity index (χ3v) is 3.44. The number of aryl methyl sites for hydroxylation is 1. The van der Waals surface area contributed by atoms with Crippen LogP contribution < -0.4 is 10.1 Å². The van der Waals surface area contributed by atoms with Crippen LogP contribution in [0.4, 0.5) is 0 Å². The topological polar surface area (TPSA) is 56.2 Å². The molecule has 100 valence electrons. The molecule has 5 heteroatoms. The van der Waals surface area contributed by atoms with Crippen molar-refractivity contribution in [3.63, 3.8) is 0 Å². The van der Waals surface area contributed by atoms with Gasteiger partial charge in [0.2, 0.25) is 5.78 Å². The molecule has 1 unspecified atom stereocenters. The molecule has 0 aromatic carbocycles. The van der Waals surface area contributed by atoms with Crippen molar-refractivity contribution in [1.29, 1.82) is 0 Å². The lowest BCUT2D eigenvalue weighted by Crippen LogP contribution is -2.37. The first kappa shape index (κ1) is 13.1. The Kier molecular flexibility index (Phi) is 4.36. The molecule has 5 nitrogen and oxygen atoms in total. The predicted molar refractivity (Wildman–Crippen MR) is 69.0 cm³/mol. The second-order valence-electron chi connectivity index (χ2n) is 4.60. The molecule has 1 aliphatic rings. The average molecular weight is 251 g/mol. The number of Topliss-reactive ketones (excluding diaryl/α,β-unsaturated/α-hetero) is 1. The van der Waals surface area contributed by atoms with Gasteiger partial charge >= 0.3 is 0 Å². The number of rotatable bonds is 4.